The van der Waals surface area contributed by atoms with E-state index in [-0.39, 0.29) is 23.8 Å². The lowest BCUT2D eigenvalue weighted by atomic mass is 9.97. The number of aryl methyl sites for hydroxylation is 1. The predicted octanol–water partition coefficient (Wildman–Crippen LogP) is 4.49. The fraction of sp³-hybridized carbons (Fsp3) is 0.654. The number of ether oxygens (including phenoxy) is 1. The molecule has 2 N–H and O–H groups in total. The number of nitrogens with one attached hydrogen (secondary N) is 2. The van der Waals surface area contributed by atoms with Crippen molar-refractivity contribution in [1.29, 1.82) is 0 Å². The highest BCUT2D eigenvalue weighted by Crippen LogP contribution is 2.36. The normalized spacial score (nSPS) is 15.5. The lowest BCUT2D eigenvalue weighted by Gasteiger charge is -2.36. The first kappa shape index (κ1) is 26.7. The molecule has 0 aliphatic heterocycles. The van der Waals surface area contributed by atoms with Crippen molar-refractivity contribution in [1.82, 2.24) is 15.5 Å². The molecule has 184 valence electrons. The van der Waals surface area contributed by atoms with E-state index in [1.54, 1.807) is 25.7 Å². The summed E-state index contributed by atoms with van der Waals surface area (Å²) in [6.45, 7) is 13.7. The van der Waals surface area contributed by atoms with Gasteiger partial charge in [-0.1, -0.05) is 57.0 Å². The lowest BCUT2D eigenvalue weighted by molar-refractivity contribution is -0.144. The van der Waals surface area contributed by atoms with E-state index < -0.39 is 23.8 Å². The Labute approximate surface area is 198 Å². The fourth-order valence-corrected chi connectivity index (χ4v) is 3.74. The van der Waals surface area contributed by atoms with Crippen LogP contribution in [-0.4, -0.2) is 47.0 Å². The van der Waals surface area contributed by atoms with Crippen molar-refractivity contribution in [3.8, 4) is 0 Å². The summed E-state index contributed by atoms with van der Waals surface area (Å²) >= 11 is 0. The van der Waals surface area contributed by atoms with Gasteiger partial charge in [0.25, 0.3) is 0 Å². The summed E-state index contributed by atoms with van der Waals surface area (Å²) in [6, 6.07) is 6.16. The molecule has 2 atom stereocenters. The van der Waals surface area contributed by atoms with Crippen LogP contribution in [0.4, 0.5) is 4.79 Å². The second kappa shape index (κ2) is 11.5. The molecule has 1 aliphatic rings. The van der Waals surface area contributed by atoms with Gasteiger partial charge in [-0.25, -0.2) is 4.79 Å². The Hall–Kier alpha value is -2.57. The Balaban J connectivity index is 2.38. The van der Waals surface area contributed by atoms with Gasteiger partial charge in [0.2, 0.25) is 11.8 Å². The van der Waals surface area contributed by atoms with E-state index >= 15 is 0 Å². The van der Waals surface area contributed by atoms with E-state index in [9.17, 15) is 14.4 Å². The molecule has 1 fully saturated rings. The number of carbonyl (C=O) groups is 3. The zero-order valence-corrected chi connectivity index (χ0v) is 21.2. The Bertz CT molecular complexity index is 827. The SMILES string of the molecule is CCCCNC(=O)C(c1cccc(C)c1)N(C(=O)C(NC(=O)OC(C)(C)C)C(C)C)C1CC1. The molecule has 0 aromatic heterocycles. The second-order valence-corrected chi connectivity index (χ2v) is 10.3. The van der Waals surface area contributed by atoms with Crippen LogP contribution in [0.5, 0.6) is 0 Å². The van der Waals surface area contributed by atoms with Gasteiger partial charge in [0.05, 0.1) is 0 Å². The number of benzene rings is 1. The van der Waals surface area contributed by atoms with Crippen LogP contribution in [-0.2, 0) is 14.3 Å². The van der Waals surface area contributed by atoms with Crippen LogP contribution in [0.15, 0.2) is 24.3 Å². The summed E-state index contributed by atoms with van der Waals surface area (Å²) in [5, 5.41) is 5.78. The predicted molar refractivity (Wildman–Crippen MR) is 130 cm³/mol. The number of carbonyl (C=O) groups excluding carboxylic acids is 3. The zero-order valence-electron chi connectivity index (χ0n) is 21.2. The molecule has 1 aromatic rings. The summed E-state index contributed by atoms with van der Waals surface area (Å²) in [7, 11) is 0. The van der Waals surface area contributed by atoms with Crippen molar-refractivity contribution < 1.29 is 19.1 Å². The molecule has 0 heterocycles. The summed E-state index contributed by atoms with van der Waals surface area (Å²) in [5.74, 6) is -0.614. The van der Waals surface area contributed by atoms with Crippen LogP contribution in [0.3, 0.4) is 0 Å². The van der Waals surface area contributed by atoms with Gasteiger partial charge in [0.1, 0.15) is 17.7 Å². The van der Waals surface area contributed by atoms with Crippen LogP contribution in [0.1, 0.15) is 84.4 Å². The highest BCUT2D eigenvalue weighted by molar-refractivity contribution is 5.92. The molecule has 1 aromatic carbocycles. The van der Waals surface area contributed by atoms with Gasteiger partial charge in [-0.05, 0) is 58.4 Å². The van der Waals surface area contributed by atoms with E-state index in [0.717, 1.165) is 36.8 Å². The number of amides is 3. The van der Waals surface area contributed by atoms with E-state index in [1.807, 2.05) is 45.0 Å². The largest absolute Gasteiger partial charge is 0.444 e. The van der Waals surface area contributed by atoms with Crippen LogP contribution in [0, 0.1) is 12.8 Å². The second-order valence-electron chi connectivity index (χ2n) is 10.3. The first-order valence-corrected chi connectivity index (χ1v) is 12.1. The van der Waals surface area contributed by atoms with Gasteiger partial charge in [0, 0.05) is 12.6 Å². The average Bonchev–Trinajstić information content (AvgIpc) is 3.53. The molecule has 33 heavy (non-hydrogen) atoms. The Morgan fingerprint density at radius 1 is 1.18 bits per heavy atom. The van der Waals surface area contributed by atoms with Gasteiger partial charge in [-0.2, -0.15) is 0 Å². The summed E-state index contributed by atoms with van der Waals surface area (Å²) in [5.41, 5.74) is 1.13. The Morgan fingerprint density at radius 3 is 2.36 bits per heavy atom. The van der Waals surface area contributed by atoms with Crippen molar-refractivity contribution in [2.24, 2.45) is 5.92 Å². The third-order valence-electron chi connectivity index (χ3n) is 5.51. The number of unbranched alkanes of at least 4 members (excludes halogenated alkanes) is 1. The molecular formula is C26H41N3O4. The highest BCUT2D eigenvalue weighted by Gasteiger charge is 2.44. The standard InChI is InChI=1S/C26H41N3O4/c1-8-9-15-27-23(30)22(19-12-10-11-18(4)16-19)29(20-13-14-20)24(31)21(17(2)3)28-25(32)33-26(5,6)7/h10-12,16-17,20-22H,8-9,13-15H2,1-7H3,(H,27,30)(H,28,32). The lowest BCUT2D eigenvalue weighted by Crippen LogP contribution is -2.55. The molecule has 0 saturated heterocycles. The summed E-state index contributed by atoms with van der Waals surface area (Å²) in [6.07, 6.45) is 2.89. The summed E-state index contributed by atoms with van der Waals surface area (Å²) < 4.78 is 5.40. The van der Waals surface area contributed by atoms with E-state index in [0.29, 0.717) is 6.54 Å². The van der Waals surface area contributed by atoms with Crippen LogP contribution < -0.4 is 10.6 Å². The first-order chi connectivity index (χ1) is 15.4. The van der Waals surface area contributed by atoms with Crippen LogP contribution in [0.25, 0.3) is 0 Å². The van der Waals surface area contributed by atoms with Crippen molar-refractivity contribution in [2.45, 2.75) is 97.9 Å². The molecule has 2 unspecified atom stereocenters. The molecular weight excluding hydrogens is 418 g/mol. The van der Waals surface area contributed by atoms with Crippen molar-refractivity contribution >= 4 is 17.9 Å². The molecule has 0 bridgehead atoms. The maximum absolute atomic E-state index is 13.9. The molecule has 2 rings (SSSR count). The first-order valence-electron chi connectivity index (χ1n) is 12.1. The smallest absolute Gasteiger partial charge is 0.408 e. The van der Waals surface area contributed by atoms with Crippen molar-refractivity contribution in [3.05, 3.63) is 35.4 Å². The Morgan fingerprint density at radius 2 is 1.85 bits per heavy atom. The third kappa shape index (κ3) is 8.06. The molecule has 1 saturated carbocycles. The number of hydrogen-bond donors (Lipinski definition) is 2. The number of rotatable bonds is 10. The maximum Gasteiger partial charge on any atom is 0.408 e. The Kier molecular flexibility index (Phi) is 9.32. The average molecular weight is 460 g/mol. The van der Waals surface area contributed by atoms with Gasteiger partial charge >= 0.3 is 6.09 Å². The molecule has 1 aliphatic carbocycles. The van der Waals surface area contributed by atoms with Gasteiger partial charge in [-0.15, -0.1) is 0 Å². The number of alkyl carbamates (subject to hydrolysis) is 1. The molecule has 3 amide bonds. The van der Waals surface area contributed by atoms with Crippen molar-refractivity contribution in [3.63, 3.8) is 0 Å². The topological polar surface area (TPSA) is 87.7 Å². The summed E-state index contributed by atoms with van der Waals surface area (Å²) in [4.78, 5) is 41.5. The maximum atomic E-state index is 13.9. The minimum atomic E-state index is -0.795. The molecule has 0 spiro atoms. The third-order valence-corrected chi connectivity index (χ3v) is 5.51. The van der Waals surface area contributed by atoms with Crippen LogP contribution in [0.2, 0.25) is 0 Å². The number of hydrogen-bond acceptors (Lipinski definition) is 4. The molecule has 7 heteroatoms. The highest BCUT2D eigenvalue weighted by atomic mass is 16.6. The van der Waals surface area contributed by atoms with Crippen molar-refractivity contribution in [2.75, 3.05) is 6.54 Å². The molecule has 7 nitrogen and oxygen atoms in total. The van der Waals surface area contributed by atoms with E-state index in [4.69, 9.17) is 4.74 Å². The van der Waals surface area contributed by atoms with E-state index in [1.165, 1.54) is 0 Å². The van der Waals surface area contributed by atoms with E-state index in [2.05, 4.69) is 17.6 Å². The van der Waals surface area contributed by atoms with Gasteiger partial charge in [-0.3, -0.25) is 9.59 Å². The van der Waals surface area contributed by atoms with Gasteiger partial charge in [0.15, 0.2) is 0 Å². The number of nitrogens with zero attached hydrogens (tertiary/aromatic N) is 1. The minimum Gasteiger partial charge on any atom is -0.444 e. The fourth-order valence-electron chi connectivity index (χ4n) is 3.74. The quantitative estimate of drug-likeness (QED) is 0.505. The molecule has 0 radical (unpaired) electrons. The monoisotopic (exact) mass is 459 g/mol. The van der Waals surface area contributed by atoms with Gasteiger partial charge < -0.3 is 20.3 Å². The minimum absolute atomic E-state index is 0.0263. The zero-order chi connectivity index (χ0) is 24.8. The van der Waals surface area contributed by atoms with Crippen LogP contribution >= 0.6 is 0 Å².